The van der Waals surface area contributed by atoms with Crippen LogP contribution in [0.3, 0.4) is 0 Å². The van der Waals surface area contributed by atoms with Crippen molar-refractivity contribution in [1.82, 2.24) is 4.98 Å². The third-order valence-electron chi connectivity index (χ3n) is 1.90. The molecule has 2 rings (SSSR count). The summed E-state index contributed by atoms with van der Waals surface area (Å²) >= 11 is 6.95. The summed E-state index contributed by atoms with van der Waals surface area (Å²) in [6.07, 6.45) is 1.96. The quantitative estimate of drug-likeness (QED) is 0.754. The van der Waals surface area contributed by atoms with Crippen molar-refractivity contribution in [1.29, 1.82) is 0 Å². The van der Waals surface area contributed by atoms with Crippen molar-refractivity contribution in [2.24, 2.45) is 0 Å². The fraction of sp³-hybridized carbons (Fsp3) is 0.111. The number of H-pyrrole nitrogens is 1. The van der Waals surface area contributed by atoms with Gasteiger partial charge in [-0.25, -0.2) is 0 Å². The molecule has 1 heterocycles. The summed E-state index contributed by atoms with van der Waals surface area (Å²) in [5, 5.41) is 1.22. The van der Waals surface area contributed by atoms with E-state index in [1.54, 1.807) is 0 Å². The Morgan fingerprint density at radius 3 is 2.75 bits per heavy atom. The molecule has 1 aromatic heterocycles. The Hall–Kier alpha value is -0.280. The molecule has 2 aromatic rings. The lowest BCUT2D eigenvalue weighted by molar-refractivity contribution is 1.41. The third kappa shape index (κ3) is 1.21. The Morgan fingerprint density at radius 1 is 1.25 bits per heavy atom. The minimum absolute atomic E-state index is 1.11. The second kappa shape index (κ2) is 2.89. The van der Waals surface area contributed by atoms with Gasteiger partial charge in [0.2, 0.25) is 0 Å². The Kier molecular flexibility index (Phi) is 2.00. The van der Waals surface area contributed by atoms with Gasteiger partial charge in [-0.1, -0.05) is 15.9 Å². The maximum absolute atomic E-state index is 3.48. The minimum Gasteiger partial charge on any atom is -0.360 e. The first-order valence-electron chi connectivity index (χ1n) is 3.61. The summed E-state index contributed by atoms with van der Waals surface area (Å²) in [6, 6.07) is 4.20. The highest BCUT2D eigenvalue weighted by atomic mass is 79.9. The minimum atomic E-state index is 1.11. The van der Waals surface area contributed by atoms with E-state index in [0.29, 0.717) is 0 Å². The van der Waals surface area contributed by atoms with Crippen molar-refractivity contribution < 1.29 is 0 Å². The molecule has 0 radical (unpaired) electrons. The second-order valence-corrected chi connectivity index (χ2v) is 4.55. The lowest BCUT2D eigenvalue weighted by atomic mass is 10.2. The number of halogens is 2. The van der Waals surface area contributed by atoms with E-state index in [1.807, 2.05) is 6.20 Å². The summed E-state index contributed by atoms with van der Waals surface area (Å²) in [7, 11) is 0. The van der Waals surface area contributed by atoms with Gasteiger partial charge in [0, 0.05) is 26.0 Å². The molecule has 0 bridgehead atoms. The van der Waals surface area contributed by atoms with Crippen LogP contribution in [-0.2, 0) is 0 Å². The van der Waals surface area contributed by atoms with Crippen LogP contribution in [0.5, 0.6) is 0 Å². The second-order valence-electron chi connectivity index (χ2n) is 2.78. The standard InChI is InChI=1S/C9H7Br2N/c1-5-2-6(10)3-7-8(11)4-12-9(5)7/h2-4,12H,1H3. The first-order chi connectivity index (χ1) is 5.68. The fourth-order valence-corrected chi connectivity index (χ4v) is 2.34. The van der Waals surface area contributed by atoms with E-state index in [4.69, 9.17) is 0 Å². The van der Waals surface area contributed by atoms with Gasteiger partial charge in [-0.15, -0.1) is 0 Å². The SMILES string of the molecule is Cc1cc(Br)cc2c(Br)c[nH]c12. The molecule has 62 valence electrons. The van der Waals surface area contributed by atoms with Gasteiger partial charge in [-0.2, -0.15) is 0 Å². The molecule has 0 aliphatic carbocycles. The van der Waals surface area contributed by atoms with E-state index in [-0.39, 0.29) is 0 Å². The van der Waals surface area contributed by atoms with E-state index in [9.17, 15) is 0 Å². The summed E-state index contributed by atoms with van der Waals surface area (Å²) in [5.41, 5.74) is 2.45. The van der Waals surface area contributed by atoms with E-state index in [0.717, 1.165) is 8.95 Å². The van der Waals surface area contributed by atoms with Crippen molar-refractivity contribution in [2.75, 3.05) is 0 Å². The average Bonchev–Trinajstić information content (AvgIpc) is 2.33. The zero-order valence-corrected chi connectivity index (χ0v) is 9.66. The summed E-state index contributed by atoms with van der Waals surface area (Å²) in [4.78, 5) is 3.22. The number of nitrogens with one attached hydrogen (secondary N) is 1. The maximum atomic E-state index is 3.48. The van der Waals surface area contributed by atoms with Crippen LogP contribution in [0, 0.1) is 6.92 Å². The first kappa shape index (κ1) is 8.32. The molecule has 1 nitrogen and oxygen atoms in total. The molecule has 0 unspecified atom stereocenters. The Morgan fingerprint density at radius 2 is 2.00 bits per heavy atom. The molecule has 0 spiro atoms. The molecule has 0 aliphatic heterocycles. The maximum Gasteiger partial charge on any atom is 0.0496 e. The fourth-order valence-electron chi connectivity index (χ4n) is 1.34. The number of aryl methyl sites for hydroxylation is 1. The van der Waals surface area contributed by atoms with Crippen LogP contribution in [0.2, 0.25) is 0 Å². The van der Waals surface area contributed by atoms with E-state index in [2.05, 4.69) is 55.9 Å². The van der Waals surface area contributed by atoms with Gasteiger partial charge in [-0.05, 0) is 40.5 Å². The molecule has 3 heteroatoms. The van der Waals surface area contributed by atoms with Crippen LogP contribution >= 0.6 is 31.9 Å². The summed E-state index contributed by atoms with van der Waals surface area (Å²) in [5.74, 6) is 0. The molecule has 1 aromatic carbocycles. The first-order valence-corrected chi connectivity index (χ1v) is 5.20. The number of rotatable bonds is 0. The van der Waals surface area contributed by atoms with Crippen LogP contribution in [0.25, 0.3) is 10.9 Å². The van der Waals surface area contributed by atoms with Gasteiger partial charge in [0.05, 0.1) is 0 Å². The number of aromatic amines is 1. The molecule has 0 saturated carbocycles. The van der Waals surface area contributed by atoms with Crippen molar-refractivity contribution in [2.45, 2.75) is 6.92 Å². The van der Waals surface area contributed by atoms with Crippen LogP contribution < -0.4 is 0 Å². The Labute approximate surface area is 87.4 Å². The molecule has 0 aliphatic rings. The predicted octanol–water partition coefficient (Wildman–Crippen LogP) is 4.00. The highest BCUT2D eigenvalue weighted by Crippen LogP contribution is 2.28. The molecule has 12 heavy (non-hydrogen) atoms. The van der Waals surface area contributed by atoms with Crippen molar-refractivity contribution in [3.8, 4) is 0 Å². The molecule has 0 fully saturated rings. The summed E-state index contributed by atoms with van der Waals surface area (Å²) < 4.78 is 2.23. The van der Waals surface area contributed by atoms with Crippen molar-refractivity contribution in [3.05, 3.63) is 32.8 Å². The van der Waals surface area contributed by atoms with Crippen LogP contribution in [-0.4, -0.2) is 4.98 Å². The normalized spacial score (nSPS) is 10.9. The number of aromatic nitrogens is 1. The van der Waals surface area contributed by atoms with Gasteiger partial charge < -0.3 is 4.98 Å². The van der Waals surface area contributed by atoms with Crippen molar-refractivity contribution in [3.63, 3.8) is 0 Å². The Bertz CT molecular complexity index is 431. The van der Waals surface area contributed by atoms with Gasteiger partial charge in [0.25, 0.3) is 0 Å². The number of benzene rings is 1. The largest absolute Gasteiger partial charge is 0.360 e. The van der Waals surface area contributed by atoms with E-state index in [1.165, 1.54) is 16.5 Å². The van der Waals surface area contributed by atoms with Gasteiger partial charge >= 0.3 is 0 Å². The lowest BCUT2D eigenvalue weighted by Gasteiger charge is -1.97. The molecular weight excluding hydrogens is 282 g/mol. The number of hydrogen-bond donors (Lipinski definition) is 1. The zero-order chi connectivity index (χ0) is 8.72. The topological polar surface area (TPSA) is 15.8 Å². The van der Waals surface area contributed by atoms with Crippen molar-refractivity contribution >= 4 is 42.8 Å². The predicted molar refractivity (Wildman–Crippen MR) is 58.4 cm³/mol. The van der Waals surface area contributed by atoms with Crippen LogP contribution in [0.4, 0.5) is 0 Å². The van der Waals surface area contributed by atoms with E-state index >= 15 is 0 Å². The zero-order valence-electron chi connectivity index (χ0n) is 6.49. The molecular formula is C9H7Br2N. The highest BCUT2D eigenvalue weighted by Gasteiger charge is 2.03. The Balaban J connectivity index is 2.92. The molecule has 1 N–H and O–H groups in total. The third-order valence-corrected chi connectivity index (χ3v) is 3.01. The number of hydrogen-bond acceptors (Lipinski definition) is 0. The molecule has 0 saturated heterocycles. The monoisotopic (exact) mass is 287 g/mol. The van der Waals surface area contributed by atoms with E-state index < -0.39 is 0 Å². The highest BCUT2D eigenvalue weighted by molar-refractivity contribution is 9.11. The van der Waals surface area contributed by atoms with Gasteiger partial charge in [0.1, 0.15) is 0 Å². The van der Waals surface area contributed by atoms with Gasteiger partial charge in [0.15, 0.2) is 0 Å². The lowest BCUT2D eigenvalue weighted by Crippen LogP contribution is -1.76. The molecule has 0 atom stereocenters. The van der Waals surface area contributed by atoms with Gasteiger partial charge in [-0.3, -0.25) is 0 Å². The average molecular weight is 289 g/mol. The van der Waals surface area contributed by atoms with Crippen LogP contribution in [0.1, 0.15) is 5.56 Å². The number of fused-ring (bicyclic) bond motifs is 1. The smallest absolute Gasteiger partial charge is 0.0496 e. The molecule has 0 amide bonds. The summed E-state index contributed by atoms with van der Waals surface area (Å²) in [6.45, 7) is 2.09. The van der Waals surface area contributed by atoms with Crippen LogP contribution in [0.15, 0.2) is 27.3 Å².